The molecule has 0 aromatic carbocycles. The minimum Gasteiger partial charge on any atom is -0.285 e. The van der Waals surface area contributed by atoms with E-state index in [4.69, 9.17) is 0 Å². The maximum Gasteiger partial charge on any atom is 0.289 e. The van der Waals surface area contributed by atoms with Crippen LogP contribution in [0, 0.1) is 0 Å². The Labute approximate surface area is 54.1 Å². The van der Waals surface area contributed by atoms with Crippen molar-refractivity contribution < 1.29 is 24.6 Å². The van der Waals surface area contributed by atoms with Gasteiger partial charge in [0.2, 0.25) is 0 Å². The largest absolute Gasteiger partial charge is 0.289 e. The van der Waals surface area contributed by atoms with Crippen molar-refractivity contribution in [1.82, 2.24) is 5.43 Å². The van der Waals surface area contributed by atoms with Crippen LogP contribution in [0.15, 0.2) is 0 Å². The van der Waals surface area contributed by atoms with Crippen LogP contribution in [-0.4, -0.2) is 5.24 Å². The van der Waals surface area contributed by atoms with Crippen molar-refractivity contribution in [2.45, 2.75) is 0 Å². The molecule has 0 saturated carbocycles. The van der Waals surface area contributed by atoms with Crippen LogP contribution >= 0.6 is 12.6 Å². The Balaban J connectivity index is 0. The second-order valence-corrected chi connectivity index (χ2v) is 0.856. The first-order chi connectivity index (χ1) is 2.27. The molecule has 0 unspecified atom stereocenters. The second kappa shape index (κ2) is 5.42. The molecule has 0 rings (SSSR count). The Hall–Kier alpha value is 0.416. The number of amides is 1. The molecule has 0 spiro atoms. The molecule has 1 amide bonds. The van der Waals surface area contributed by atoms with Crippen molar-refractivity contribution in [2.75, 3.05) is 0 Å². The number of nitrogens with two attached hydrogens (primary N) is 1. The van der Waals surface area contributed by atoms with E-state index in [0.29, 0.717) is 0 Å². The third kappa shape index (κ3) is 8.83. The van der Waals surface area contributed by atoms with Crippen LogP contribution in [0.3, 0.4) is 0 Å². The molecule has 0 aliphatic carbocycles. The molecule has 0 radical (unpaired) electrons. The Morgan fingerprint density at radius 2 is 2.00 bits per heavy atom. The fourth-order valence-electron chi connectivity index (χ4n) is 0. The predicted octanol–water partition coefficient (Wildman–Crippen LogP) is -0.503. The molecule has 0 aliphatic rings. The Bertz CT molecular complexity index is 48.8. The molecule has 3 nitrogen and oxygen atoms in total. The predicted molar refractivity (Wildman–Crippen MR) is 21.7 cm³/mol. The van der Waals surface area contributed by atoms with Gasteiger partial charge in [0, 0.05) is 19.8 Å². The van der Waals surface area contributed by atoms with Crippen molar-refractivity contribution in [2.24, 2.45) is 5.84 Å². The first kappa shape index (κ1) is 9.65. The number of hydrazine groups is 1. The van der Waals surface area contributed by atoms with Crippen LogP contribution in [-0.2, 0) is 19.8 Å². The number of carbonyl (C=O) groups is 1. The number of hydrogen-bond acceptors (Lipinski definition) is 2. The molecule has 38 valence electrons. The van der Waals surface area contributed by atoms with E-state index < -0.39 is 5.24 Å². The van der Waals surface area contributed by atoms with Crippen molar-refractivity contribution in [3.8, 4) is 0 Å². The summed E-state index contributed by atoms with van der Waals surface area (Å²) in [5, 5.41) is -0.523. The first-order valence-electron chi connectivity index (χ1n) is 0.966. The minimum absolute atomic E-state index is 0. The molecular formula is CH4N2OOsS. The van der Waals surface area contributed by atoms with Gasteiger partial charge in [-0.05, 0) is 0 Å². The Morgan fingerprint density at radius 3 is 2.00 bits per heavy atom. The normalized spacial score (nSPS) is 5.67. The topological polar surface area (TPSA) is 55.1 Å². The summed E-state index contributed by atoms with van der Waals surface area (Å²) in [5.41, 5.74) is 1.75. The van der Waals surface area contributed by atoms with E-state index in [9.17, 15) is 4.79 Å². The van der Waals surface area contributed by atoms with E-state index >= 15 is 0 Å². The summed E-state index contributed by atoms with van der Waals surface area (Å²) in [6.07, 6.45) is 0. The number of thiol groups is 1. The second-order valence-electron chi connectivity index (χ2n) is 0.449. The maximum atomic E-state index is 9.44. The van der Waals surface area contributed by atoms with Crippen molar-refractivity contribution in [3.63, 3.8) is 0 Å². The molecule has 0 aliphatic heterocycles. The smallest absolute Gasteiger partial charge is 0.285 e. The van der Waals surface area contributed by atoms with Crippen LogP contribution in [0.4, 0.5) is 4.79 Å². The van der Waals surface area contributed by atoms with E-state index in [2.05, 4.69) is 18.5 Å². The molecule has 0 aromatic rings. The van der Waals surface area contributed by atoms with Crippen LogP contribution in [0.2, 0.25) is 0 Å². The van der Waals surface area contributed by atoms with E-state index in [0.717, 1.165) is 0 Å². The summed E-state index contributed by atoms with van der Waals surface area (Å²) in [4.78, 5) is 9.44. The van der Waals surface area contributed by atoms with Crippen LogP contribution < -0.4 is 11.3 Å². The van der Waals surface area contributed by atoms with Crippen LogP contribution in [0.1, 0.15) is 0 Å². The van der Waals surface area contributed by atoms with Gasteiger partial charge in [-0.3, -0.25) is 10.2 Å². The Morgan fingerprint density at radius 1 is 1.83 bits per heavy atom. The number of rotatable bonds is 0. The number of carbonyl (C=O) groups excluding carboxylic acids is 1. The van der Waals surface area contributed by atoms with E-state index in [1.807, 2.05) is 0 Å². The zero-order valence-electron chi connectivity index (χ0n) is 2.79. The molecule has 6 heavy (non-hydrogen) atoms. The molecule has 0 fully saturated rings. The summed E-state index contributed by atoms with van der Waals surface area (Å²) in [6, 6.07) is 0. The van der Waals surface area contributed by atoms with E-state index in [1.165, 1.54) is 0 Å². The summed E-state index contributed by atoms with van der Waals surface area (Å²) in [5.74, 6) is 4.50. The summed E-state index contributed by atoms with van der Waals surface area (Å²) in [7, 11) is 0. The van der Waals surface area contributed by atoms with Crippen LogP contribution in [0.5, 0.6) is 0 Å². The van der Waals surface area contributed by atoms with Gasteiger partial charge in [-0.15, -0.1) is 0 Å². The van der Waals surface area contributed by atoms with Gasteiger partial charge >= 0.3 is 0 Å². The fourth-order valence-corrected chi connectivity index (χ4v) is 0. The zero-order valence-corrected chi connectivity index (χ0v) is 6.22. The summed E-state index contributed by atoms with van der Waals surface area (Å²) < 4.78 is 0. The Kier molecular flexibility index (Phi) is 8.71. The van der Waals surface area contributed by atoms with Crippen molar-refractivity contribution >= 4 is 17.9 Å². The van der Waals surface area contributed by atoms with Gasteiger partial charge in [0.1, 0.15) is 0 Å². The molecule has 0 saturated heterocycles. The maximum absolute atomic E-state index is 9.44. The van der Waals surface area contributed by atoms with Gasteiger partial charge < -0.3 is 0 Å². The molecule has 0 aromatic heterocycles. The minimum atomic E-state index is -0.523. The third-order valence-electron chi connectivity index (χ3n) is 0.123. The first-order valence-corrected chi connectivity index (χ1v) is 1.41. The van der Waals surface area contributed by atoms with E-state index in [-0.39, 0.29) is 19.8 Å². The fraction of sp³-hybridized carbons (Fsp3) is 0. The van der Waals surface area contributed by atoms with Gasteiger partial charge in [-0.1, -0.05) is 12.6 Å². The quantitative estimate of drug-likeness (QED) is 0.243. The molecule has 5 heteroatoms. The van der Waals surface area contributed by atoms with Gasteiger partial charge in [0.15, 0.2) is 0 Å². The van der Waals surface area contributed by atoms with Crippen molar-refractivity contribution in [3.05, 3.63) is 0 Å². The van der Waals surface area contributed by atoms with Crippen molar-refractivity contribution in [1.29, 1.82) is 0 Å². The molecule has 3 N–H and O–H groups in total. The van der Waals surface area contributed by atoms with Gasteiger partial charge in [-0.2, -0.15) is 0 Å². The molecule has 0 bridgehead atoms. The SMILES string of the molecule is NNC(=O)S.[Os]. The summed E-state index contributed by atoms with van der Waals surface area (Å²) >= 11 is 3.22. The monoisotopic (exact) mass is 284 g/mol. The standard InChI is InChI=1S/CH4N2OS.Os/c2-3-1(4)5;/h2H2,(H2,3,4,5);. The van der Waals surface area contributed by atoms with Gasteiger partial charge in [0.05, 0.1) is 0 Å². The number of nitrogens with one attached hydrogen (secondary N) is 1. The molecule has 0 heterocycles. The number of hydrogen-bond donors (Lipinski definition) is 3. The zero-order chi connectivity index (χ0) is 4.28. The van der Waals surface area contributed by atoms with Gasteiger partial charge in [0.25, 0.3) is 5.24 Å². The average Bonchev–Trinajstić information content (AvgIpc) is 1.38. The van der Waals surface area contributed by atoms with Gasteiger partial charge in [-0.25, -0.2) is 5.84 Å². The molecular weight excluding hydrogens is 278 g/mol. The average molecular weight is 282 g/mol. The van der Waals surface area contributed by atoms with E-state index in [1.54, 1.807) is 5.43 Å². The third-order valence-corrected chi connectivity index (χ3v) is 0.253. The molecule has 0 atom stereocenters. The van der Waals surface area contributed by atoms with Crippen LogP contribution in [0.25, 0.3) is 0 Å². The summed E-state index contributed by atoms with van der Waals surface area (Å²) in [6.45, 7) is 0.